The van der Waals surface area contributed by atoms with E-state index < -0.39 is 12.1 Å². The predicted octanol–water partition coefficient (Wildman–Crippen LogP) is 2.40. The van der Waals surface area contributed by atoms with E-state index in [0.717, 1.165) is 5.56 Å². The van der Waals surface area contributed by atoms with Gasteiger partial charge < -0.3 is 19.7 Å². The van der Waals surface area contributed by atoms with E-state index in [-0.39, 0.29) is 25.7 Å². The molecule has 0 radical (unpaired) electrons. The third-order valence-corrected chi connectivity index (χ3v) is 3.23. The minimum Gasteiger partial charge on any atom is -0.491 e. The highest BCUT2D eigenvalue weighted by Gasteiger charge is 2.15. The van der Waals surface area contributed by atoms with E-state index in [4.69, 9.17) is 14.6 Å². The number of allylic oxidation sites excluding steroid dienone is 1. The van der Waals surface area contributed by atoms with Crippen LogP contribution in [0.25, 0.3) is 0 Å². The van der Waals surface area contributed by atoms with E-state index in [9.17, 15) is 9.90 Å². The predicted molar refractivity (Wildman–Crippen MR) is 88.1 cm³/mol. The highest BCUT2D eigenvalue weighted by Crippen LogP contribution is 2.26. The largest absolute Gasteiger partial charge is 0.491 e. The van der Waals surface area contributed by atoms with Crippen molar-refractivity contribution < 1.29 is 24.5 Å². The van der Waals surface area contributed by atoms with Crippen molar-refractivity contribution >= 4 is 5.97 Å². The number of rotatable bonds is 10. The van der Waals surface area contributed by atoms with Crippen molar-refractivity contribution in [2.24, 2.45) is 5.92 Å². The topological polar surface area (TPSA) is 76.0 Å². The van der Waals surface area contributed by atoms with Gasteiger partial charge in [-0.15, -0.1) is 0 Å². The summed E-state index contributed by atoms with van der Waals surface area (Å²) < 4.78 is 10.1. The molecule has 5 nitrogen and oxygen atoms in total. The molecule has 0 amide bonds. The maximum Gasteiger partial charge on any atom is 0.330 e. The summed E-state index contributed by atoms with van der Waals surface area (Å²) in [5.41, 5.74) is 0.775. The number of aliphatic hydroxyl groups is 2. The Bertz CT molecular complexity index is 507. The van der Waals surface area contributed by atoms with Gasteiger partial charge in [0, 0.05) is 6.08 Å². The first-order valence-corrected chi connectivity index (χ1v) is 7.54. The Morgan fingerprint density at radius 2 is 2.04 bits per heavy atom. The lowest BCUT2D eigenvalue weighted by Crippen LogP contribution is -2.09. The molecule has 23 heavy (non-hydrogen) atoms. The van der Waals surface area contributed by atoms with E-state index in [2.05, 4.69) is 6.58 Å². The monoisotopic (exact) mass is 320 g/mol. The average Bonchev–Trinajstić information content (AvgIpc) is 2.57. The molecule has 1 aromatic carbocycles. The molecule has 0 aromatic heterocycles. The smallest absolute Gasteiger partial charge is 0.330 e. The molecule has 0 saturated heterocycles. The summed E-state index contributed by atoms with van der Waals surface area (Å²) in [4.78, 5) is 11.3. The van der Waals surface area contributed by atoms with Crippen molar-refractivity contribution in [1.82, 2.24) is 0 Å². The maximum absolute atomic E-state index is 11.3. The van der Waals surface area contributed by atoms with Gasteiger partial charge >= 0.3 is 5.97 Å². The molecule has 2 N–H and O–H groups in total. The van der Waals surface area contributed by atoms with E-state index in [1.807, 2.05) is 6.92 Å². The Morgan fingerprint density at radius 3 is 2.65 bits per heavy atom. The number of carbonyl (C=O) groups is 1. The summed E-state index contributed by atoms with van der Waals surface area (Å²) >= 11 is 0. The average molecular weight is 320 g/mol. The van der Waals surface area contributed by atoms with Gasteiger partial charge in [-0.3, -0.25) is 0 Å². The Kier molecular flexibility index (Phi) is 8.72. The second-order valence-electron chi connectivity index (χ2n) is 5.12. The molecule has 1 aromatic rings. The van der Waals surface area contributed by atoms with Crippen LogP contribution in [0, 0.1) is 5.92 Å². The van der Waals surface area contributed by atoms with Crippen LogP contribution in [0.4, 0.5) is 0 Å². The summed E-state index contributed by atoms with van der Waals surface area (Å²) in [6.45, 7) is 5.76. The number of carbonyl (C=O) groups excluding carboxylic acids is 1. The molecule has 0 heterocycles. The molecule has 0 unspecified atom stereocenters. The highest BCUT2D eigenvalue weighted by atomic mass is 16.5. The second-order valence-corrected chi connectivity index (χ2v) is 5.12. The van der Waals surface area contributed by atoms with Crippen LogP contribution in [-0.4, -0.2) is 36.0 Å². The fraction of sp³-hybridized carbons (Fsp3) is 0.389. The lowest BCUT2D eigenvalue weighted by Gasteiger charge is -2.18. The Morgan fingerprint density at radius 1 is 1.35 bits per heavy atom. The lowest BCUT2D eigenvalue weighted by atomic mass is 9.94. The minimum atomic E-state index is -0.643. The van der Waals surface area contributed by atoms with Gasteiger partial charge in [0.05, 0.1) is 12.7 Å². The minimum absolute atomic E-state index is 0.0387. The summed E-state index contributed by atoms with van der Waals surface area (Å²) in [5, 5.41) is 19.0. The molecule has 0 aliphatic rings. The Hall–Kier alpha value is -2.11. The normalized spacial score (nSPS) is 13.5. The van der Waals surface area contributed by atoms with Crippen molar-refractivity contribution in [1.29, 1.82) is 0 Å². The molecular formula is C18H24O5. The van der Waals surface area contributed by atoms with Gasteiger partial charge in [-0.25, -0.2) is 4.79 Å². The van der Waals surface area contributed by atoms with Crippen LogP contribution < -0.4 is 4.74 Å². The quantitative estimate of drug-likeness (QED) is 0.393. The molecule has 0 bridgehead atoms. The van der Waals surface area contributed by atoms with Crippen molar-refractivity contribution in [2.45, 2.75) is 19.4 Å². The van der Waals surface area contributed by atoms with Crippen molar-refractivity contribution in [2.75, 3.05) is 19.8 Å². The van der Waals surface area contributed by atoms with E-state index >= 15 is 0 Å². The first-order valence-electron chi connectivity index (χ1n) is 7.54. The van der Waals surface area contributed by atoms with Gasteiger partial charge in [0.1, 0.15) is 19.0 Å². The standard InChI is InChI=1S/C18H24O5/c1-3-12-23-17(20)6-4-5-14(2)18(21)15-7-9-16(10-8-15)22-13-11-19/h3-4,6-10,14,18-19,21H,1,5,11-13H2,2H3/b6-4+/t14-,18-/m0/s1. The van der Waals surface area contributed by atoms with Gasteiger partial charge in [0.15, 0.2) is 0 Å². The van der Waals surface area contributed by atoms with Gasteiger partial charge in [-0.1, -0.05) is 37.8 Å². The zero-order valence-electron chi connectivity index (χ0n) is 13.4. The summed E-state index contributed by atoms with van der Waals surface area (Å²) in [7, 11) is 0. The van der Waals surface area contributed by atoms with Crippen molar-refractivity contribution in [3.05, 3.63) is 54.6 Å². The van der Waals surface area contributed by atoms with Gasteiger partial charge in [0.2, 0.25) is 0 Å². The molecular weight excluding hydrogens is 296 g/mol. The maximum atomic E-state index is 11.3. The first kappa shape index (κ1) is 18.9. The van der Waals surface area contributed by atoms with Gasteiger partial charge in [-0.2, -0.15) is 0 Å². The third-order valence-electron chi connectivity index (χ3n) is 3.23. The molecule has 0 aliphatic heterocycles. The molecule has 5 heteroatoms. The van der Waals surface area contributed by atoms with Gasteiger partial charge in [0.25, 0.3) is 0 Å². The number of hydrogen-bond donors (Lipinski definition) is 2. The Labute approximate surface area is 136 Å². The number of aliphatic hydroxyl groups excluding tert-OH is 2. The zero-order valence-corrected chi connectivity index (χ0v) is 13.4. The van der Waals surface area contributed by atoms with Crippen LogP contribution >= 0.6 is 0 Å². The zero-order chi connectivity index (χ0) is 17.1. The molecule has 0 spiro atoms. The Balaban J connectivity index is 2.49. The van der Waals surface area contributed by atoms with Crippen molar-refractivity contribution in [3.63, 3.8) is 0 Å². The van der Waals surface area contributed by atoms with Crippen LogP contribution in [0.2, 0.25) is 0 Å². The van der Waals surface area contributed by atoms with Crippen LogP contribution in [0.1, 0.15) is 25.0 Å². The summed E-state index contributed by atoms with van der Waals surface area (Å²) in [6, 6.07) is 7.08. The van der Waals surface area contributed by atoms with E-state index in [1.54, 1.807) is 30.3 Å². The number of ether oxygens (including phenoxy) is 2. The van der Waals surface area contributed by atoms with E-state index in [1.165, 1.54) is 12.2 Å². The van der Waals surface area contributed by atoms with Crippen LogP contribution in [0.5, 0.6) is 5.75 Å². The van der Waals surface area contributed by atoms with Gasteiger partial charge in [-0.05, 0) is 30.0 Å². The number of benzene rings is 1. The van der Waals surface area contributed by atoms with E-state index in [0.29, 0.717) is 12.2 Å². The third kappa shape index (κ3) is 7.13. The molecule has 0 fully saturated rings. The second kappa shape index (κ2) is 10.6. The van der Waals surface area contributed by atoms with Crippen LogP contribution in [-0.2, 0) is 9.53 Å². The summed E-state index contributed by atoms with van der Waals surface area (Å²) in [5.74, 6) is 0.173. The van der Waals surface area contributed by atoms with Crippen molar-refractivity contribution in [3.8, 4) is 5.75 Å². The fourth-order valence-electron chi connectivity index (χ4n) is 1.95. The SMILES string of the molecule is C=CCOC(=O)/C=C/C[C@H](C)[C@H](O)c1ccc(OCCO)cc1. The molecule has 126 valence electrons. The first-order chi connectivity index (χ1) is 11.1. The molecule has 0 aliphatic carbocycles. The molecule has 1 rings (SSSR count). The molecule has 0 saturated carbocycles. The van der Waals surface area contributed by atoms with Crippen LogP contribution in [0.3, 0.4) is 0 Å². The highest BCUT2D eigenvalue weighted by molar-refractivity contribution is 5.81. The summed E-state index contributed by atoms with van der Waals surface area (Å²) in [6.07, 6.45) is 4.46. The lowest BCUT2D eigenvalue weighted by molar-refractivity contribution is -0.136. The van der Waals surface area contributed by atoms with Crippen LogP contribution in [0.15, 0.2) is 49.1 Å². The molecule has 2 atom stereocenters. The fourth-order valence-corrected chi connectivity index (χ4v) is 1.95. The number of hydrogen-bond acceptors (Lipinski definition) is 5. The number of esters is 1.